The molecule has 0 N–H and O–H groups in total. The summed E-state index contributed by atoms with van der Waals surface area (Å²) in [6, 6.07) is 20.7. The lowest BCUT2D eigenvalue weighted by atomic mass is 10.1. The topological polar surface area (TPSA) is 64.1 Å². The molecular formula is C28H30ClN3O4S. The molecule has 0 radical (unpaired) electrons. The zero-order valence-electron chi connectivity index (χ0n) is 20.9. The molecule has 0 fully saturated rings. The van der Waals surface area contributed by atoms with Crippen LogP contribution >= 0.6 is 23.7 Å². The first-order valence-corrected chi connectivity index (χ1v) is 13.0. The van der Waals surface area contributed by atoms with Gasteiger partial charge in [-0.05, 0) is 37.4 Å². The molecule has 0 aliphatic carbocycles. The van der Waals surface area contributed by atoms with Crippen LogP contribution in [-0.4, -0.2) is 55.2 Å². The number of aromatic nitrogens is 1. The predicted molar refractivity (Wildman–Crippen MR) is 150 cm³/mol. The maximum Gasteiger partial charge on any atom is 0.263 e. The second-order valence-corrected chi connectivity index (χ2v) is 9.36. The Hall–Kier alpha value is -3.33. The summed E-state index contributed by atoms with van der Waals surface area (Å²) in [6.45, 7) is 8.35. The van der Waals surface area contributed by atoms with Crippen molar-refractivity contribution in [3.63, 3.8) is 0 Å². The van der Waals surface area contributed by atoms with E-state index in [1.54, 1.807) is 11.0 Å². The number of carbonyl (C=O) groups is 1. The van der Waals surface area contributed by atoms with Gasteiger partial charge in [-0.25, -0.2) is 4.98 Å². The predicted octanol–water partition coefficient (Wildman–Crippen LogP) is 6.27. The SMILES string of the molecule is CCN(CC)CCN(C(=O)c1ccccc1Oc1ccccc1)c1nc2cc3c(cc2s1)OCCO3.Cl. The third-order valence-electron chi connectivity index (χ3n) is 6.14. The molecule has 1 amide bonds. The van der Waals surface area contributed by atoms with Crippen molar-refractivity contribution in [2.45, 2.75) is 13.8 Å². The van der Waals surface area contributed by atoms with E-state index in [1.165, 1.54) is 11.3 Å². The van der Waals surface area contributed by atoms with E-state index >= 15 is 0 Å². The number of nitrogens with zero attached hydrogens (tertiary/aromatic N) is 3. The van der Waals surface area contributed by atoms with Crippen LogP contribution in [0.25, 0.3) is 10.2 Å². The molecule has 2 heterocycles. The van der Waals surface area contributed by atoms with E-state index in [0.717, 1.165) is 29.9 Å². The molecule has 194 valence electrons. The van der Waals surface area contributed by atoms with Gasteiger partial charge in [0.05, 0.1) is 15.8 Å². The average molecular weight is 540 g/mol. The number of ether oxygens (including phenoxy) is 3. The van der Waals surface area contributed by atoms with E-state index in [-0.39, 0.29) is 18.3 Å². The van der Waals surface area contributed by atoms with E-state index in [9.17, 15) is 4.79 Å². The largest absolute Gasteiger partial charge is 0.486 e. The molecule has 0 saturated heterocycles. The number of rotatable bonds is 9. The lowest BCUT2D eigenvalue weighted by Gasteiger charge is -2.25. The highest BCUT2D eigenvalue weighted by atomic mass is 35.5. The van der Waals surface area contributed by atoms with E-state index < -0.39 is 0 Å². The van der Waals surface area contributed by atoms with E-state index in [1.807, 2.05) is 60.7 Å². The summed E-state index contributed by atoms with van der Waals surface area (Å²) in [5, 5.41) is 0.638. The highest BCUT2D eigenvalue weighted by Gasteiger charge is 2.25. The van der Waals surface area contributed by atoms with Gasteiger partial charge in [-0.15, -0.1) is 12.4 Å². The van der Waals surface area contributed by atoms with Crippen LogP contribution in [0.3, 0.4) is 0 Å². The maximum absolute atomic E-state index is 14.0. The molecule has 1 aliphatic heterocycles. The van der Waals surface area contributed by atoms with Crippen LogP contribution in [0.5, 0.6) is 23.0 Å². The lowest BCUT2D eigenvalue weighted by Crippen LogP contribution is -2.39. The first kappa shape index (κ1) is 26.7. The Morgan fingerprint density at radius 2 is 1.62 bits per heavy atom. The molecule has 1 aliphatic rings. The van der Waals surface area contributed by atoms with Crippen molar-refractivity contribution in [3.05, 3.63) is 72.3 Å². The fourth-order valence-corrected chi connectivity index (χ4v) is 5.13. The molecule has 5 rings (SSSR count). The molecule has 0 unspecified atom stereocenters. The Bertz CT molecular complexity index is 1300. The molecule has 0 spiro atoms. The summed E-state index contributed by atoms with van der Waals surface area (Å²) in [5.74, 6) is 2.45. The monoisotopic (exact) mass is 539 g/mol. The van der Waals surface area contributed by atoms with Crippen LogP contribution in [-0.2, 0) is 0 Å². The zero-order chi connectivity index (χ0) is 24.9. The Morgan fingerprint density at radius 1 is 0.946 bits per heavy atom. The fourth-order valence-electron chi connectivity index (χ4n) is 4.13. The smallest absolute Gasteiger partial charge is 0.263 e. The van der Waals surface area contributed by atoms with Crippen molar-refractivity contribution in [1.82, 2.24) is 9.88 Å². The second-order valence-electron chi connectivity index (χ2n) is 8.35. The number of likely N-dealkylation sites (N-methyl/N-ethyl adjacent to an activating group) is 1. The molecule has 37 heavy (non-hydrogen) atoms. The number of fused-ring (bicyclic) bond motifs is 2. The molecule has 1 aromatic heterocycles. The van der Waals surface area contributed by atoms with Gasteiger partial charge in [0.2, 0.25) is 0 Å². The van der Waals surface area contributed by atoms with Crippen LogP contribution in [0.4, 0.5) is 5.13 Å². The van der Waals surface area contributed by atoms with Crippen molar-refractivity contribution in [2.75, 3.05) is 44.3 Å². The number of amides is 1. The molecular weight excluding hydrogens is 510 g/mol. The van der Waals surface area contributed by atoms with Crippen molar-refractivity contribution < 1.29 is 19.0 Å². The number of anilines is 1. The van der Waals surface area contributed by atoms with Gasteiger partial charge in [-0.1, -0.05) is 55.5 Å². The first-order valence-electron chi connectivity index (χ1n) is 12.2. The molecule has 0 atom stereocenters. The molecule has 4 aromatic rings. The van der Waals surface area contributed by atoms with Gasteiger partial charge in [0.15, 0.2) is 16.6 Å². The van der Waals surface area contributed by atoms with Gasteiger partial charge in [-0.2, -0.15) is 0 Å². The van der Waals surface area contributed by atoms with Gasteiger partial charge >= 0.3 is 0 Å². The van der Waals surface area contributed by atoms with Crippen molar-refractivity contribution in [2.24, 2.45) is 0 Å². The Labute approximate surface area is 227 Å². The molecule has 3 aromatic carbocycles. The average Bonchev–Trinajstić information content (AvgIpc) is 3.32. The van der Waals surface area contributed by atoms with E-state index in [2.05, 4.69) is 18.7 Å². The van der Waals surface area contributed by atoms with Crippen LogP contribution in [0.15, 0.2) is 66.7 Å². The molecule has 9 heteroatoms. The number of para-hydroxylation sites is 2. The minimum Gasteiger partial charge on any atom is -0.486 e. The number of thiazole rings is 1. The lowest BCUT2D eigenvalue weighted by molar-refractivity contribution is 0.0981. The maximum atomic E-state index is 14.0. The van der Waals surface area contributed by atoms with Crippen molar-refractivity contribution in [3.8, 4) is 23.0 Å². The van der Waals surface area contributed by atoms with E-state index in [4.69, 9.17) is 19.2 Å². The summed E-state index contributed by atoms with van der Waals surface area (Å²) < 4.78 is 18.5. The Morgan fingerprint density at radius 3 is 2.35 bits per heavy atom. The molecule has 0 saturated carbocycles. The van der Waals surface area contributed by atoms with Gasteiger partial charge in [0.25, 0.3) is 5.91 Å². The third-order valence-corrected chi connectivity index (χ3v) is 7.18. The van der Waals surface area contributed by atoms with Crippen molar-refractivity contribution in [1.29, 1.82) is 0 Å². The van der Waals surface area contributed by atoms with Gasteiger partial charge in [0.1, 0.15) is 24.7 Å². The highest BCUT2D eigenvalue weighted by Crippen LogP contribution is 2.39. The third kappa shape index (κ3) is 5.98. The van der Waals surface area contributed by atoms with Gasteiger partial charge < -0.3 is 19.1 Å². The molecule has 0 bridgehead atoms. The zero-order valence-corrected chi connectivity index (χ0v) is 22.5. The van der Waals surface area contributed by atoms with E-state index in [0.29, 0.717) is 53.5 Å². The number of benzene rings is 3. The fraction of sp³-hybridized carbons (Fsp3) is 0.286. The standard InChI is InChI=1S/C28H29N3O4S.ClH/c1-3-30(4-2)14-15-31(28-29-22-18-24-25(19-26(22)36-28)34-17-16-33-24)27(32)21-12-8-9-13-23(21)35-20-10-6-5-7-11-20;/h5-13,18-19H,3-4,14-17H2,1-2H3;1H. The van der Waals surface area contributed by atoms with Crippen LogP contribution < -0.4 is 19.1 Å². The van der Waals surface area contributed by atoms with Gasteiger partial charge in [0, 0.05) is 25.2 Å². The van der Waals surface area contributed by atoms with Crippen LogP contribution in [0.2, 0.25) is 0 Å². The minimum absolute atomic E-state index is 0. The highest BCUT2D eigenvalue weighted by molar-refractivity contribution is 7.22. The summed E-state index contributed by atoms with van der Waals surface area (Å²) in [5.41, 5.74) is 1.28. The van der Waals surface area contributed by atoms with Crippen LogP contribution in [0, 0.1) is 0 Å². The summed E-state index contributed by atoms with van der Waals surface area (Å²) in [4.78, 5) is 22.9. The minimum atomic E-state index is -0.148. The summed E-state index contributed by atoms with van der Waals surface area (Å²) in [6.07, 6.45) is 0. The number of halogens is 1. The second kappa shape index (κ2) is 12.3. The normalized spacial score (nSPS) is 12.3. The number of hydrogen-bond donors (Lipinski definition) is 0. The van der Waals surface area contributed by atoms with Crippen molar-refractivity contribution >= 4 is 45.0 Å². The van der Waals surface area contributed by atoms with Gasteiger partial charge in [-0.3, -0.25) is 9.69 Å². The van der Waals surface area contributed by atoms with Crippen LogP contribution in [0.1, 0.15) is 24.2 Å². The number of hydrogen-bond acceptors (Lipinski definition) is 7. The Balaban J connectivity index is 0.00000320. The summed E-state index contributed by atoms with van der Waals surface area (Å²) >= 11 is 1.48. The molecule has 7 nitrogen and oxygen atoms in total. The quantitative estimate of drug-likeness (QED) is 0.250. The first-order chi connectivity index (χ1) is 17.7. The number of carbonyl (C=O) groups excluding carboxylic acids is 1. The summed E-state index contributed by atoms with van der Waals surface area (Å²) in [7, 11) is 0. The Kier molecular flexibility index (Phi) is 8.87.